The van der Waals surface area contributed by atoms with E-state index in [0.29, 0.717) is 12.5 Å². The summed E-state index contributed by atoms with van der Waals surface area (Å²) in [6.07, 6.45) is 0. The van der Waals surface area contributed by atoms with Gasteiger partial charge in [-0.1, -0.05) is 0 Å². The summed E-state index contributed by atoms with van der Waals surface area (Å²) in [6.45, 7) is 5.61. The van der Waals surface area contributed by atoms with Gasteiger partial charge in [-0.05, 0) is 37.6 Å². The van der Waals surface area contributed by atoms with Crippen LogP contribution >= 0.6 is 11.6 Å². The van der Waals surface area contributed by atoms with E-state index < -0.39 is 0 Å². The minimum atomic E-state index is -0.250. The van der Waals surface area contributed by atoms with Gasteiger partial charge in [-0.3, -0.25) is 0 Å². The van der Waals surface area contributed by atoms with Crippen LogP contribution in [0.5, 0.6) is 0 Å². The van der Waals surface area contributed by atoms with Gasteiger partial charge in [0.1, 0.15) is 5.82 Å². The highest BCUT2D eigenvalue weighted by molar-refractivity contribution is 6.17. The Balaban J connectivity index is 3.02. The van der Waals surface area contributed by atoms with Crippen molar-refractivity contribution in [3.63, 3.8) is 0 Å². The van der Waals surface area contributed by atoms with Crippen molar-refractivity contribution in [3.8, 4) is 0 Å². The van der Waals surface area contributed by atoms with Gasteiger partial charge in [0, 0.05) is 31.3 Å². The molecule has 4 heteroatoms. The van der Waals surface area contributed by atoms with Gasteiger partial charge in [0.05, 0.1) is 6.61 Å². The van der Waals surface area contributed by atoms with Gasteiger partial charge < -0.3 is 9.64 Å². The molecular weight excluding hydrogens is 241 g/mol. The maximum atomic E-state index is 13.1. The lowest BCUT2D eigenvalue weighted by atomic mass is 10.1. The fourth-order valence-corrected chi connectivity index (χ4v) is 2.21. The van der Waals surface area contributed by atoms with E-state index >= 15 is 0 Å². The summed E-state index contributed by atoms with van der Waals surface area (Å²) >= 11 is 5.86. The minimum Gasteiger partial charge on any atom is -0.383 e. The summed E-state index contributed by atoms with van der Waals surface area (Å²) in [4.78, 5) is 2.17. The second kappa shape index (κ2) is 6.82. The van der Waals surface area contributed by atoms with Crippen LogP contribution in [-0.4, -0.2) is 26.3 Å². The third kappa shape index (κ3) is 3.58. The van der Waals surface area contributed by atoms with E-state index in [9.17, 15) is 4.39 Å². The van der Waals surface area contributed by atoms with Crippen molar-refractivity contribution in [1.82, 2.24) is 0 Å². The number of halogens is 2. The SMILES string of the molecule is CCN(c1ccc(F)cc1CCl)C(C)COC. The molecule has 0 heterocycles. The third-order valence-corrected chi connectivity index (χ3v) is 3.06. The van der Waals surface area contributed by atoms with Crippen LogP contribution < -0.4 is 4.90 Å². The van der Waals surface area contributed by atoms with Crippen molar-refractivity contribution < 1.29 is 9.13 Å². The molecular formula is C13H19ClFNO. The predicted molar refractivity (Wildman–Crippen MR) is 70.3 cm³/mol. The molecule has 2 nitrogen and oxygen atoms in total. The summed E-state index contributed by atoms with van der Waals surface area (Å²) in [7, 11) is 1.68. The number of hydrogen-bond donors (Lipinski definition) is 0. The molecule has 1 unspecified atom stereocenters. The van der Waals surface area contributed by atoms with Crippen molar-refractivity contribution >= 4 is 17.3 Å². The lowest BCUT2D eigenvalue weighted by Gasteiger charge is -2.31. The summed E-state index contributed by atoms with van der Waals surface area (Å²) in [5.74, 6) is 0.0587. The Bertz CT molecular complexity index is 359. The lowest BCUT2D eigenvalue weighted by Crippen LogP contribution is -2.36. The molecule has 1 aromatic carbocycles. The Kier molecular flexibility index (Phi) is 5.72. The second-order valence-corrected chi connectivity index (χ2v) is 4.26. The molecule has 96 valence electrons. The number of ether oxygens (including phenoxy) is 1. The molecule has 0 fully saturated rings. The molecule has 0 amide bonds. The van der Waals surface area contributed by atoms with Crippen LogP contribution in [0, 0.1) is 5.82 Å². The summed E-state index contributed by atoms with van der Waals surface area (Å²) in [5.41, 5.74) is 1.80. The van der Waals surface area contributed by atoms with Crippen molar-refractivity contribution in [2.24, 2.45) is 0 Å². The first-order chi connectivity index (χ1) is 8.13. The van der Waals surface area contributed by atoms with Gasteiger partial charge in [0.2, 0.25) is 0 Å². The van der Waals surface area contributed by atoms with Crippen molar-refractivity contribution in [1.29, 1.82) is 0 Å². The Labute approximate surface area is 107 Å². The number of likely N-dealkylation sites (N-methyl/N-ethyl adjacent to an activating group) is 1. The Hall–Kier alpha value is -0.800. The van der Waals surface area contributed by atoms with Crippen LogP contribution in [0.25, 0.3) is 0 Å². The maximum absolute atomic E-state index is 13.1. The van der Waals surface area contributed by atoms with E-state index in [1.54, 1.807) is 13.2 Å². The Morgan fingerprint density at radius 3 is 2.71 bits per heavy atom. The largest absolute Gasteiger partial charge is 0.383 e. The first kappa shape index (κ1) is 14.3. The standard InChI is InChI=1S/C13H19ClFNO/c1-4-16(10(2)9-17-3)13-6-5-12(15)7-11(13)8-14/h5-7,10H,4,8-9H2,1-3H3. The third-order valence-electron chi connectivity index (χ3n) is 2.78. The molecule has 1 atom stereocenters. The molecule has 1 rings (SSSR count). The number of benzene rings is 1. The molecule has 0 saturated heterocycles. The molecule has 0 bridgehead atoms. The van der Waals surface area contributed by atoms with E-state index in [0.717, 1.165) is 17.8 Å². The van der Waals surface area contributed by atoms with Gasteiger partial charge in [-0.15, -0.1) is 11.6 Å². The number of hydrogen-bond acceptors (Lipinski definition) is 2. The summed E-state index contributed by atoms with van der Waals surface area (Å²) in [5, 5.41) is 0. The average Bonchev–Trinajstić information content (AvgIpc) is 2.32. The molecule has 0 aliphatic heterocycles. The molecule has 0 aliphatic rings. The molecule has 0 N–H and O–H groups in total. The number of rotatable bonds is 6. The topological polar surface area (TPSA) is 12.5 Å². The normalized spacial score (nSPS) is 12.5. The molecule has 0 saturated carbocycles. The molecule has 1 aromatic rings. The number of methoxy groups -OCH3 is 1. The first-order valence-electron chi connectivity index (χ1n) is 5.74. The number of alkyl halides is 1. The zero-order valence-corrected chi connectivity index (χ0v) is 11.3. The average molecular weight is 260 g/mol. The van der Waals surface area contributed by atoms with Crippen LogP contribution in [-0.2, 0) is 10.6 Å². The quantitative estimate of drug-likeness (QED) is 0.726. The smallest absolute Gasteiger partial charge is 0.123 e. The molecule has 0 spiro atoms. The van der Waals surface area contributed by atoms with Crippen LogP contribution in [0.3, 0.4) is 0 Å². The molecule has 0 aliphatic carbocycles. The van der Waals surface area contributed by atoms with Crippen molar-refractivity contribution in [3.05, 3.63) is 29.6 Å². The molecule has 17 heavy (non-hydrogen) atoms. The lowest BCUT2D eigenvalue weighted by molar-refractivity contribution is 0.182. The monoisotopic (exact) mass is 259 g/mol. The van der Waals surface area contributed by atoms with E-state index in [1.165, 1.54) is 12.1 Å². The van der Waals surface area contributed by atoms with Gasteiger partial charge >= 0.3 is 0 Å². The fraction of sp³-hybridized carbons (Fsp3) is 0.538. The molecule has 0 aromatic heterocycles. The van der Waals surface area contributed by atoms with Crippen LogP contribution in [0.2, 0.25) is 0 Å². The summed E-state index contributed by atoms with van der Waals surface area (Å²) in [6, 6.07) is 4.97. The Morgan fingerprint density at radius 2 is 2.18 bits per heavy atom. The van der Waals surface area contributed by atoms with E-state index in [4.69, 9.17) is 16.3 Å². The Morgan fingerprint density at radius 1 is 1.47 bits per heavy atom. The van der Waals surface area contributed by atoms with Crippen molar-refractivity contribution in [2.45, 2.75) is 25.8 Å². The van der Waals surface area contributed by atoms with E-state index in [1.807, 2.05) is 0 Å². The van der Waals surface area contributed by atoms with Crippen molar-refractivity contribution in [2.75, 3.05) is 25.2 Å². The van der Waals surface area contributed by atoms with Gasteiger partial charge in [-0.25, -0.2) is 4.39 Å². The van der Waals surface area contributed by atoms with Gasteiger partial charge in [0.15, 0.2) is 0 Å². The van der Waals surface area contributed by atoms with Crippen LogP contribution in [0.15, 0.2) is 18.2 Å². The second-order valence-electron chi connectivity index (χ2n) is 4.00. The number of anilines is 1. The first-order valence-corrected chi connectivity index (χ1v) is 6.27. The zero-order valence-electron chi connectivity index (χ0n) is 10.5. The highest BCUT2D eigenvalue weighted by Crippen LogP contribution is 2.25. The van der Waals surface area contributed by atoms with Gasteiger partial charge in [0.25, 0.3) is 0 Å². The fourth-order valence-electron chi connectivity index (χ4n) is 1.99. The minimum absolute atomic E-state index is 0.234. The maximum Gasteiger partial charge on any atom is 0.123 e. The zero-order chi connectivity index (χ0) is 12.8. The summed E-state index contributed by atoms with van der Waals surface area (Å²) < 4.78 is 18.3. The highest BCUT2D eigenvalue weighted by atomic mass is 35.5. The van der Waals surface area contributed by atoms with E-state index in [2.05, 4.69) is 18.7 Å². The predicted octanol–water partition coefficient (Wildman–Crippen LogP) is 3.43. The number of nitrogens with zero attached hydrogens (tertiary/aromatic N) is 1. The van der Waals surface area contributed by atoms with Crippen LogP contribution in [0.4, 0.5) is 10.1 Å². The highest BCUT2D eigenvalue weighted by Gasteiger charge is 2.16. The van der Waals surface area contributed by atoms with E-state index in [-0.39, 0.29) is 11.9 Å². The molecule has 0 radical (unpaired) electrons. The van der Waals surface area contributed by atoms with Crippen LogP contribution in [0.1, 0.15) is 19.4 Å². The van der Waals surface area contributed by atoms with Gasteiger partial charge in [-0.2, -0.15) is 0 Å².